The fourth-order valence-electron chi connectivity index (χ4n) is 1.83. The molecule has 0 saturated carbocycles. The van der Waals surface area contributed by atoms with Crippen molar-refractivity contribution in [2.45, 2.75) is 31.0 Å². The summed E-state index contributed by atoms with van der Waals surface area (Å²) in [6, 6.07) is 4.32. The minimum absolute atomic E-state index is 0.00903. The van der Waals surface area contributed by atoms with E-state index in [2.05, 4.69) is 15.9 Å². The monoisotopic (exact) mass is 348 g/mol. The van der Waals surface area contributed by atoms with E-state index < -0.39 is 23.1 Å². The van der Waals surface area contributed by atoms with Crippen molar-refractivity contribution in [3.8, 4) is 0 Å². The largest absolute Gasteiger partial charge is 0.401 e. The van der Waals surface area contributed by atoms with Gasteiger partial charge in [0.15, 0.2) is 5.92 Å². The molecular formula is C12H11BrF6. The zero-order valence-corrected chi connectivity index (χ0v) is 11.6. The Morgan fingerprint density at radius 3 is 1.79 bits per heavy atom. The van der Waals surface area contributed by atoms with E-state index in [1.54, 1.807) is 13.0 Å². The molecule has 108 valence electrons. The van der Waals surface area contributed by atoms with Crippen LogP contribution in [0.1, 0.15) is 21.5 Å². The second-order valence-electron chi connectivity index (χ2n) is 4.32. The van der Waals surface area contributed by atoms with E-state index in [9.17, 15) is 26.3 Å². The number of benzene rings is 1. The zero-order chi connectivity index (χ0) is 15.0. The summed E-state index contributed by atoms with van der Waals surface area (Å²) in [6.07, 6.45) is -10.7. The normalized spacial score (nSPS) is 14.8. The van der Waals surface area contributed by atoms with Gasteiger partial charge >= 0.3 is 12.4 Å². The molecule has 1 atom stereocenters. The molecule has 0 bridgehead atoms. The first kappa shape index (κ1) is 16.3. The van der Waals surface area contributed by atoms with Crippen LogP contribution in [0.4, 0.5) is 26.3 Å². The Kier molecular flexibility index (Phi) is 4.59. The Morgan fingerprint density at radius 2 is 1.42 bits per heavy atom. The molecule has 19 heavy (non-hydrogen) atoms. The minimum atomic E-state index is -5.36. The summed E-state index contributed by atoms with van der Waals surface area (Å²) in [5.41, 5.74) is 1.15. The number of halogens is 7. The van der Waals surface area contributed by atoms with Gasteiger partial charge in [-0.05, 0) is 25.0 Å². The number of hydrogen-bond acceptors (Lipinski definition) is 0. The van der Waals surface area contributed by atoms with E-state index in [-0.39, 0.29) is 5.56 Å². The number of hydrogen-bond donors (Lipinski definition) is 0. The summed E-state index contributed by atoms with van der Waals surface area (Å²) >= 11 is 2.56. The van der Waals surface area contributed by atoms with Gasteiger partial charge in [-0.25, -0.2) is 0 Å². The van der Waals surface area contributed by atoms with Gasteiger partial charge in [0.25, 0.3) is 0 Å². The van der Waals surface area contributed by atoms with Gasteiger partial charge < -0.3 is 0 Å². The maximum Gasteiger partial charge on any atom is 0.401 e. The van der Waals surface area contributed by atoms with Crippen LogP contribution in [-0.2, 0) is 0 Å². The predicted octanol–water partition coefficient (Wildman–Crippen LogP) is 5.48. The number of aryl methyl sites for hydroxylation is 2. The van der Waals surface area contributed by atoms with E-state index in [1.807, 2.05) is 0 Å². The summed E-state index contributed by atoms with van der Waals surface area (Å²) in [4.78, 5) is -1.85. The van der Waals surface area contributed by atoms with Gasteiger partial charge in [-0.1, -0.05) is 39.7 Å². The highest BCUT2D eigenvalue weighted by Crippen LogP contribution is 2.50. The van der Waals surface area contributed by atoms with Crippen LogP contribution in [0.3, 0.4) is 0 Å². The van der Waals surface area contributed by atoms with Gasteiger partial charge in [0.2, 0.25) is 0 Å². The first-order valence-electron chi connectivity index (χ1n) is 5.29. The molecular weight excluding hydrogens is 338 g/mol. The first-order chi connectivity index (χ1) is 8.44. The van der Waals surface area contributed by atoms with Gasteiger partial charge in [0.1, 0.15) is 0 Å². The van der Waals surface area contributed by atoms with Crippen molar-refractivity contribution in [3.05, 3.63) is 34.9 Å². The SMILES string of the molecule is Cc1ccc(C(Br)C(C(F)(F)F)C(F)(F)F)c(C)c1. The zero-order valence-electron chi connectivity index (χ0n) is 10.0. The topological polar surface area (TPSA) is 0 Å². The Hall–Kier alpha value is -0.720. The fraction of sp³-hybridized carbons (Fsp3) is 0.500. The third-order valence-corrected chi connectivity index (χ3v) is 3.74. The highest BCUT2D eigenvalue weighted by molar-refractivity contribution is 9.09. The lowest BCUT2D eigenvalue weighted by Crippen LogP contribution is -2.39. The van der Waals surface area contributed by atoms with Gasteiger partial charge in [0, 0.05) is 0 Å². The molecule has 0 radical (unpaired) electrons. The van der Waals surface area contributed by atoms with Crippen LogP contribution in [0.5, 0.6) is 0 Å². The summed E-state index contributed by atoms with van der Waals surface area (Å²) in [5, 5.41) is 0. The standard InChI is InChI=1S/C12H11BrF6/c1-6-3-4-8(7(2)5-6)9(13)10(11(14,15)16)12(17,18)19/h3-5,9-10H,1-2H3. The smallest absolute Gasteiger partial charge is 0.170 e. The van der Waals surface area contributed by atoms with E-state index in [0.29, 0.717) is 5.56 Å². The van der Waals surface area contributed by atoms with Crippen LogP contribution in [-0.4, -0.2) is 12.4 Å². The lowest BCUT2D eigenvalue weighted by Gasteiger charge is -2.28. The van der Waals surface area contributed by atoms with Crippen LogP contribution in [0, 0.1) is 19.8 Å². The van der Waals surface area contributed by atoms with Crippen molar-refractivity contribution >= 4 is 15.9 Å². The molecule has 1 aromatic carbocycles. The Morgan fingerprint density at radius 1 is 0.947 bits per heavy atom. The molecule has 0 aliphatic carbocycles. The van der Waals surface area contributed by atoms with Gasteiger partial charge in [-0.2, -0.15) is 26.3 Å². The molecule has 1 rings (SSSR count). The van der Waals surface area contributed by atoms with Gasteiger partial charge in [-0.3, -0.25) is 0 Å². The molecule has 0 saturated heterocycles. The quantitative estimate of drug-likeness (QED) is 0.490. The lowest BCUT2D eigenvalue weighted by molar-refractivity contribution is -0.283. The van der Waals surface area contributed by atoms with Crippen LogP contribution in [0.15, 0.2) is 18.2 Å². The Bertz CT molecular complexity index is 435. The molecule has 0 fully saturated rings. The number of alkyl halides is 7. The highest BCUT2D eigenvalue weighted by Gasteiger charge is 2.60. The van der Waals surface area contributed by atoms with Crippen LogP contribution in [0.2, 0.25) is 0 Å². The first-order valence-corrected chi connectivity index (χ1v) is 6.21. The lowest BCUT2D eigenvalue weighted by atomic mass is 9.94. The van der Waals surface area contributed by atoms with Crippen molar-refractivity contribution in [2.75, 3.05) is 0 Å². The molecule has 1 unspecified atom stereocenters. The summed E-state index contributed by atoms with van der Waals surface area (Å²) in [7, 11) is 0. The molecule has 0 amide bonds. The van der Waals surface area contributed by atoms with Crippen molar-refractivity contribution in [2.24, 2.45) is 5.92 Å². The summed E-state index contributed by atoms with van der Waals surface area (Å²) in [6.45, 7) is 3.20. The molecule has 1 aromatic rings. The molecule has 0 aliphatic rings. The average Bonchev–Trinajstić information content (AvgIpc) is 2.11. The molecule has 0 N–H and O–H groups in total. The molecule has 0 aromatic heterocycles. The van der Waals surface area contributed by atoms with Gasteiger partial charge in [-0.15, -0.1) is 0 Å². The van der Waals surface area contributed by atoms with E-state index in [0.717, 1.165) is 5.56 Å². The third-order valence-electron chi connectivity index (χ3n) is 2.72. The molecule has 7 heteroatoms. The average molecular weight is 349 g/mol. The molecule has 0 nitrogen and oxygen atoms in total. The van der Waals surface area contributed by atoms with Crippen molar-refractivity contribution in [3.63, 3.8) is 0 Å². The predicted molar refractivity (Wildman–Crippen MR) is 63.2 cm³/mol. The van der Waals surface area contributed by atoms with E-state index in [1.165, 1.54) is 19.1 Å². The van der Waals surface area contributed by atoms with Crippen LogP contribution in [0.25, 0.3) is 0 Å². The second-order valence-corrected chi connectivity index (χ2v) is 5.31. The van der Waals surface area contributed by atoms with E-state index in [4.69, 9.17) is 0 Å². The van der Waals surface area contributed by atoms with E-state index >= 15 is 0 Å². The minimum Gasteiger partial charge on any atom is -0.170 e. The van der Waals surface area contributed by atoms with Crippen LogP contribution < -0.4 is 0 Å². The maximum atomic E-state index is 12.6. The maximum absolute atomic E-state index is 12.6. The third kappa shape index (κ3) is 3.87. The van der Waals surface area contributed by atoms with Crippen LogP contribution >= 0.6 is 15.9 Å². The Balaban J connectivity index is 3.24. The second kappa shape index (κ2) is 5.34. The van der Waals surface area contributed by atoms with Crippen molar-refractivity contribution in [1.29, 1.82) is 0 Å². The van der Waals surface area contributed by atoms with Crippen molar-refractivity contribution < 1.29 is 26.3 Å². The summed E-state index contributed by atoms with van der Waals surface area (Å²) < 4.78 is 75.7. The Labute approximate surface area is 114 Å². The number of rotatable bonds is 2. The summed E-state index contributed by atoms with van der Waals surface area (Å²) in [5.74, 6) is -3.43. The van der Waals surface area contributed by atoms with Crippen molar-refractivity contribution in [1.82, 2.24) is 0 Å². The van der Waals surface area contributed by atoms with Gasteiger partial charge in [0.05, 0.1) is 4.83 Å². The molecule has 0 heterocycles. The highest BCUT2D eigenvalue weighted by atomic mass is 79.9. The molecule has 0 aliphatic heterocycles. The molecule has 0 spiro atoms. The fourth-order valence-corrected chi connectivity index (χ4v) is 2.95.